The Morgan fingerprint density at radius 3 is 2.44 bits per heavy atom. The van der Waals surface area contributed by atoms with E-state index in [0.717, 1.165) is 34.6 Å². The molecule has 4 aliphatic carbocycles. The normalized spacial score (nSPS) is 46.4. The Balaban J connectivity index is 1.47. The number of hydrogen-bond acceptors (Lipinski definition) is 0. The van der Waals surface area contributed by atoms with Gasteiger partial charge in [-0.15, -0.1) is 0 Å². The van der Waals surface area contributed by atoms with Crippen LogP contribution in [0.2, 0.25) is 5.02 Å². The van der Waals surface area contributed by atoms with Crippen LogP contribution in [0.3, 0.4) is 0 Å². The Hall–Kier alpha value is -0.490. The van der Waals surface area contributed by atoms with Crippen LogP contribution in [0.15, 0.2) is 24.3 Å². The average Bonchev–Trinajstić information content (AvgIpc) is 3.05. The molecule has 148 valence electrons. The third-order valence-electron chi connectivity index (χ3n) is 9.95. The Labute approximate surface area is 171 Å². The van der Waals surface area contributed by atoms with E-state index in [0.29, 0.717) is 10.8 Å². The summed E-state index contributed by atoms with van der Waals surface area (Å²) in [5.41, 5.74) is 2.80. The fraction of sp³-hybridized carbons (Fsp3) is 0.769. The quantitative estimate of drug-likeness (QED) is 0.485. The van der Waals surface area contributed by atoms with Crippen molar-refractivity contribution in [2.45, 2.75) is 84.5 Å². The van der Waals surface area contributed by atoms with Crippen LogP contribution in [0, 0.1) is 40.4 Å². The Morgan fingerprint density at radius 2 is 1.63 bits per heavy atom. The predicted octanol–water partition coefficient (Wildman–Crippen LogP) is 7.93. The first kappa shape index (κ1) is 18.5. The fourth-order valence-electron chi connectivity index (χ4n) is 8.71. The minimum atomic E-state index is 0.613. The molecule has 0 radical (unpaired) electrons. The molecule has 0 aliphatic heterocycles. The molecule has 27 heavy (non-hydrogen) atoms. The highest BCUT2D eigenvalue weighted by molar-refractivity contribution is 6.30. The molecule has 0 nitrogen and oxygen atoms in total. The van der Waals surface area contributed by atoms with Crippen molar-refractivity contribution in [3.05, 3.63) is 34.9 Å². The van der Waals surface area contributed by atoms with Crippen LogP contribution in [0.4, 0.5) is 0 Å². The van der Waals surface area contributed by atoms with Gasteiger partial charge in [0, 0.05) is 5.02 Å². The van der Waals surface area contributed by atoms with Crippen molar-refractivity contribution in [3.8, 4) is 0 Å². The standard InChI is InChI=1S/C26H37Cl/c1-25-13-5-7-23(25)21-17-19(16-18-8-10-20(27)11-9-18)22-6-3-4-14-26(22,2)24(21)12-15-25/h8-11,19,21-24H,3-7,12-17H2,1-2H3/t19?,21-,22+,23-,24-,25-,26-/m0/s1. The van der Waals surface area contributed by atoms with Crippen LogP contribution >= 0.6 is 11.6 Å². The highest BCUT2D eigenvalue weighted by atomic mass is 35.5. The van der Waals surface area contributed by atoms with Gasteiger partial charge in [0.05, 0.1) is 0 Å². The minimum absolute atomic E-state index is 0.613. The van der Waals surface area contributed by atoms with Crippen molar-refractivity contribution in [2.75, 3.05) is 0 Å². The van der Waals surface area contributed by atoms with Gasteiger partial charge in [0.2, 0.25) is 0 Å². The maximum Gasteiger partial charge on any atom is 0.0406 e. The number of hydrogen-bond donors (Lipinski definition) is 0. The summed E-state index contributed by atoms with van der Waals surface area (Å²) in [5.74, 6) is 4.88. The van der Waals surface area contributed by atoms with E-state index in [2.05, 4.69) is 38.1 Å². The van der Waals surface area contributed by atoms with E-state index in [1.54, 1.807) is 0 Å². The molecule has 0 heterocycles. The van der Waals surface area contributed by atoms with Gasteiger partial charge in [-0.1, -0.05) is 56.8 Å². The van der Waals surface area contributed by atoms with Crippen molar-refractivity contribution < 1.29 is 0 Å². The van der Waals surface area contributed by atoms with Crippen molar-refractivity contribution in [1.82, 2.24) is 0 Å². The molecule has 1 unspecified atom stereocenters. The third kappa shape index (κ3) is 3.00. The van der Waals surface area contributed by atoms with E-state index < -0.39 is 0 Å². The van der Waals surface area contributed by atoms with Crippen molar-refractivity contribution >= 4 is 11.6 Å². The molecular formula is C26H37Cl. The SMILES string of the molecule is C[C@@]12CCC[C@H]1[C@@H]1CC(Cc3ccc(Cl)cc3)[C@H]3CCCC[C@]3(C)[C@H]1CC2. The molecule has 0 bridgehead atoms. The molecule has 7 atom stereocenters. The summed E-state index contributed by atoms with van der Waals surface area (Å²) < 4.78 is 0. The lowest BCUT2D eigenvalue weighted by Crippen LogP contribution is -2.55. The zero-order valence-electron chi connectivity index (χ0n) is 17.4. The lowest BCUT2D eigenvalue weighted by Gasteiger charge is -2.62. The molecule has 0 N–H and O–H groups in total. The second-order valence-electron chi connectivity index (χ2n) is 11.1. The summed E-state index contributed by atoms with van der Waals surface area (Å²) >= 11 is 6.15. The minimum Gasteiger partial charge on any atom is -0.0843 e. The largest absolute Gasteiger partial charge is 0.0843 e. The lowest BCUT2D eigenvalue weighted by atomic mass is 9.43. The first-order valence-electron chi connectivity index (χ1n) is 11.7. The molecule has 0 spiro atoms. The summed E-state index contributed by atoms with van der Waals surface area (Å²) in [7, 11) is 0. The number of benzene rings is 1. The van der Waals surface area contributed by atoms with E-state index in [1.807, 2.05) is 0 Å². The summed E-state index contributed by atoms with van der Waals surface area (Å²) in [6.45, 7) is 5.37. The monoisotopic (exact) mass is 384 g/mol. The molecule has 4 fully saturated rings. The second-order valence-corrected chi connectivity index (χ2v) is 11.6. The van der Waals surface area contributed by atoms with Gasteiger partial charge in [-0.05, 0) is 109 Å². The van der Waals surface area contributed by atoms with Gasteiger partial charge in [-0.3, -0.25) is 0 Å². The highest BCUT2D eigenvalue weighted by Crippen LogP contribution is 2.67. The smallest absolute Gasteiger partial charge is 0.0406 e. The van der Waals surface area contributed by atoms with Crippen molar-refractivity contribution in [2.24, 2.45) is 40.4 Å². The Bertz CT molecular complexity index is 678. The van der Waals surface area contributed by atoms with E-state index in [4.69, 9.17) is 11.6 Å². The summed E-state index contributed by atoms with van der Waals surface area (Å²) in [4.78, 5) is 0. The number of halogens is 1. The third-order valence-corrected chi connectivity index (χ3v) is 10.2. The Kier molecular flexibility index (Phi) is 4.66. The maximum absolute atomic E-state index is 6.15. The lowest BCUT2D eigenvalue weighted by molar-refractivity contribution is -0.128. The molecule has 0 aromatic heterocycles. The molecule has 1 heteroatoms. The molecule has 0 amide bonds. The summed E-state index contributed by atoms with van der Waals surface area (Å²) in [6.07, 6.45) is 16.3. The van der Waals surface area contributed by atoms with Crippen LogP contribution < -0.4 is 0 Å². The molecule has 1 aromatic rings. The maximum atomic E-state index is 6.15. The van der Waals surface area contributed by atoms with Gasteiger partial charge in [-0.2, -0.15) is 0 Å². The first-order chi connectivity index (χ1) is 13.0. The molecule has 4 aliphatic rings. The molecule has 4 saturated carbocycles. The topological polar surface area (TPSA) is 0 Å². The van der Waals surface area contributed by atoms with Gasteiger partial charge >= 0.3 is 0 Å². The van der Waals surface area contributed by atoms with Crippen molar-refractivity contribution in [1.29, 1.82) is 0 Å². The van der Waals surface area contributed by atoms with E-state index >= 15 is 0 Å². The van der Waals surface area contributed by atoms with Crippen LogP contribution in [0.1, 0.15) is 83.6 Å². The summed E-state index contributed by atoms with van der Waals surface area (Å²) in [6, 6.07) is 8.76. The molecule has 5 rings (SSSR count). The van der Waals surface area contributed by atoms with Crippen molar-refractivity contribution in [3.63, 3.8) is 0 Å². The van der Waals surface area contributed by atoms with Gasteiger partial charge in [-0.25, -0.2) is 0 Å². The van der Waals surface area contributed by atoms with Crippen LogP contribution in [-0.2, 0) is 6.42 Å². The van der Waals surface area contributed by atoms with E-state index in [1.165, 1.54) is 76.2 Å². The number of fused-ring (bicyclic) bond motifs is 5. The zero-order chi connectivity index (χ0) is 18.6. The highest BCUT2D eigenvalue weighted by Gasteiger charge is 2.59. The van der Waals surface area contributed by atoms with Gasteiger partial charge < -0.3 is 0 Å². The van der Waals surface area contributed by atoms with Gasteiger partial charge in [0.25, 0.3) is 0 Å². The van der Waals surface area contributed by atoms with E-state index in [-0.39, 0.29) is 0 Å². The first-order valence-corrected chi connectivity index (χ1v) is 12.1. The van der Waals surface area contributed by atoms with Crippen LogP contribution in [-0.4, -0.2) is 0 Å². The zero-order valence-corrected chi connectivity index (χ0v) is 18.1. The predicted molar refractivity (Wildman–Crippen MR) is 115 cm³/mol. The van der Waals surface area contributed by atoms with Gasteiger partial charge in [0.15, 0.2) is 0 Å². The van der Waals surface area contributed by atoms with Crippen LogP contribution in [0.5, 0.6) is 0 Å². The van der Waals surface area contributed by atoms with Crippen LogP contribution in [0.25, 0.3) is 0 Å². The summed E-state index contributed by atoms with van der Waals surface area (Å²) in [5, 5.41) is 0.874. The molecular weight excluding hydrogens is 348 g/mol. The molecule has 1 aromatic carbocycles. The second kappa shape index (κ2) is 6.79. The average molecular weight is 385 g/mol. The number of rotatable bonds is 2. The molecule has 0 saturated heterocycles. The fourth-order valence-corrected chi connectivity index (χ4v) is 8.84. The van der Waals surface area contributed by atoms with Gasteiger partial charge in [0.1, 0.15) is 0 Å². The van der Waals surface area contributed by atoms with E-state index in [9.17, 15) is 0 Å². The Morgan fingerprint density at radius 1 is 0.852 bits per heavy atom.